The normalized spacial score (nSPS) is 12.3. The first-order valence-corrected chi connectivity index (χ1v) is 17.6. The van der Waals surface area contributed by atoms with Gasteiger partial charge in [0.2, 0.25) is 0 Å². The van der Waals surface area contributed by atoms with Gasteiger partial charge < -0.3 is 9.29 Å². The van der Waals surface area contributed by atoms with Crippen molar-refractivity contribution in [3.8, 4) is 0 Å². The van der Waals surface area contributed by atoms with Gasteiger partial charge in [0.1, 0.15) is 40.9 Å². The lowest BCUT2D eigenvalue weighted by atomic mass is 9.99. The van der Waals surface area contributed by atoms with Crippen molar-refractivity contribution in [1.82, 2.24) is 0 Å². The molecule has 0 atom stereocenters. The fourth-order valence-electron chi connectivity index (χ4n) is 4.96. The summed E-state index contributed by atoms with van der Waals surface area (Å²) in [5, 5.41) is 3.92. The van der Waals surface area contributed by atoms with E-state index in [2.05, 4.69) is 166 Å². The van der Waals surface area contributed by atoms with Gasteiger partial charge in [-0.15, -0.1) is 0 Å². The summed E-state index contributed by atoms with van der Waals surface area (Å²) in [6.07, 6.45) is -0.198. The van der Waals surface area contributed by atoms with Crippen molar-refractivity contribution < 1.29 is 30.9 Å². The van der Waals surface area contributed by atoms with Gasteiger partial charge in [-0.3, -0.25) is 0 Å². The predicted octanol–water partition coefficient (Wildman–Crippen LogP) is 8.32. The molecule has 0 saturated carbocycles. The van der Waals surface area contributed by atoms with E-state index in [4.69, 9.17) is 17.7 Å². The maximum Gasteiger partial charge on any atom is 0.485 e. The predicted molar refractivity (Wildman–Crippen MR) is 180 cm³/mol. The van der Waals surface area contributed by atoms with Crippen LogP contribution in [-0.4, -0.2) is 18.5 Å². The number of hydrogen-bond donors (Lipinski definition) is 0. The fraction of sp³-hybridized carbons (Fsp3) is 0.135. The van der Waals surface area contributed by atoms with Crippen molar-refractivity contribution >= 4 is 33.3 Å². The molecule has 0 heterocycles. The molecule has 5 aromatic carbocycles. The average Bonchev–Trinajstić information content (AvgIpc) is 3.04. The van der Waals surface area contributed by atoms with Gasteiger partial charge >= 0.3 is 5.51 Å². The maximum atomic E-state index is 10.7. The lowest BCUT2D eigenvalue weighted by Crippen LogP contribution is -2.30. The van der Waals surface area contributed by atoms with Crippen LogP contribution in [0.25, 0.3) is 0 Å². The number of aryl methyl sites for hydroxylation is 2. The van der Waals surface area contributed by atoms with Crippen LogP contribution in [0.2, 0.25) is 0 Å². The molecule has 0 bridgehead atoms. The molecule has 4 nitrogen and oxygen atoms in total. The number of alkyl halides is 3. The van der Waals surface area contributed by atoms with Crippen LogP contribution in [0.15, 0.2) is 151 Å². The third kappa shape index (κ3) is 8.52. The second-order valence-corrected chi connectivity index (χ2v) is 15.3. The zero-order valence-electron chi connectivity index (χ0n) is 25.6. The van der Waals surface area contributed by atoms with Crippen LogP contribution in [0.1, 0.15) is 35.3 Å². The molecule has 0 aromatic heterocycles. The molecule has 0 unspecified atom stereocenters. The molecular formula is C37H34F3O4PS. The van der Waals surface area contributed by atoms with Crippen molar-refractivity contribution in [2.45, 2.75) is 32.4 Å². The van der Waals surface area contributed by atoms with Crippen LogP contribution in [0.5, 0.6) is 0 Å². The number of benzene rings is 5. The maximum absolute atomic E-state index is 10.7. The molecule has 0 fully saturated rings. The van der Waals surface area contributed by atoms with E-state index < -0.39 is 22.9 Å². The highest BCUT2D eigenvalue weighted by atomic mass is 32.2. The van der Waals surface area contributed by atoms with Gasteiger partial charge in [-0.25, -0.2) is 8.42 Å². The van der Waals surface area contributed by atoms with E-state index in [-0.39, 0.29) is 6.10 Å². The first-order valence-electron chi connectivity index (χ1n) is 14.4. The lowest BCUT2D eigenvalue weighted by molar-refractivity contribution is -0.0517. The molecule has 9 heteroatoms. The van der Waals surface area contributed by atoms with Crippen molar-refractivity contribution in [3.05, 3.63) is 173 Å². The van der Waals surface area contributed by atoms with E-state index in [1.165, 1.54) is 27.0 Å². The van der Waals surface area contributed by atoms with Crippen LogP contribution in [0.4, 0.5) is 13.2 Å². The number of hydrogen-bond acceptors (Lipinski definition) is 4. The smallest absolute Gasteiger partial charge is 0.485 e. The lowest BCUT2D eigenvalue weighted by Gasteiger charge is -2.26. The van der Waals surface area contributed by atoms with Crippen LogP contribution in [0, 0.1) is 13.8 Å². The van der Waals surface area contributed by atoms with Crippen LogP contribution < -0.4 is 15.9 Å². The number of rotatable bonds is 8. The summed E-state index contributed by atoms with van der Waals surface area (Å²) in [4.78, 5) is 0. The monoisotopic (exact) mass is 662 g/mol. The van der Waals surface area contributed by atoms with E-state index in [1.54, 1.807) is 0 Å². The Balaban J connectivity index is 0.000000533. The molecule has 0 N–H and O–H groups in total. The van der Waals surface area contributed by atoms with Gasteiger partial charge in [-0.05, 0) is 68.3 Å². The first-order chi connectivity index (χ1) is 21.8. The topological polar surface area (TPSA) is 66.4 Å². The Bertz CT molecular complexity index is 1690. The number of allylic oxidation sites excluding steroid dienone is 1. The van der Waals surface area contributed by atoms with Crippen molar-refractivity contribution in [3.63, 3.8) is 0 Å². The third-order valence-electron chi connectivity index (χ3n) is 7.21. The Kier molecular flexibility index (Phi) is 11.2. The highest BCUT2D eigenvalue weighted by Gasteiger charge is 2.44. The highest BCUT2D eigenvalue weighted by Crippen LogP contribution is 2.58. The molecule has 5 rings (SSSR count). The Morgan fingerprint density at radius 2 is 0.957 bits per heavy atom. The quantitative estimate of drug-likeness (QED) is 0.0726. The molecule has 238 valence electrons. The van der Waals surface area contributed by atoms with Crippen LogP contribution in [-0.2, 0) is 14.9 Å². The average molecular weight is 663 g/mol. The molecule has 0 aliphatic rings. The Labute approximate surface area is 269 Å². The van der Waals surface area contributed by atoms with Gasteiger partial charge in [-0.2, -0.15) is 13.2 Å². The summed E-state index contributed by atoms with van der Waals surface area (Å²) in [5.74, 6) is 3.32. The van der Waals surface area contributed by atoms with E-state index in [1.807, 2.05) is 0 Å². The van der Waals surface area contributed by atoms with Gasteiger partial charge in [0.15, 0.2) is 10.1 Å². The minimum absolute atomic E-state index is 0.198. The Hall–Kier alpha value is -4.23. The highest BCUT2D eigenvalue weighted by molar-refractivity contribution is 7.98. The van der Waals surface area contributed by atoms with Crippen molar-refractivity contribution in [2.24, 2.45) is 0 Å². The summed E-state index contributed by atoms with van der Waals surface area (Å²) in [7, 11) is -8.24. The van der Waals surface area contributed by atoms with Crippen molar-refractivity contribution in [2.75, 3.05) is 0 Å². The Morgan fingerprint density at radius 1 is 0.652 bits per heavy atom. The first kappa shape index (κ1) is 34.6. The number of halogens is 3. The summed E-state index contributed by atoms with van der Waals surface area (Å²) < 4.78 is 65.8. The standard InChI is InChI=1S/C36H34OP.CHF3O3S/c1-28-19-23-31(24-20-28)36(32-25-21-29(2)22-26-32)37-30(3)27-38(33-13-7-4-8-14-33,34-15-9-5-10-16-34)35-17-11-6-12-18-35;2-1(3,4)8(5,6)7/h4-27,36H,1-3H3;(H,5,6,7)/q+1;/p-1/b30-27-;. The number of ether oxygens (including phenoxy) is 1. The molecule has 0 amide bonds. The molecule has 0 aliphatic heterocycles. The molecule has 46 heavy (non-hydrogen) atoms. The zero-order valence-corrected chi connectivity index (χ0v) is 27.3. The molecule has 0 saturated heterocycles. The van der Waals surface area contributed by atoms with E-state index in [0.717, 1.165) is 16.9 Å². The van der Waals surface area contributed by atoms with Gasteiger partial charge in [-0.1, -0.05) is 114 Å². The van der Waals surface area contributed by atoms with E-state index in [9.17, 15) is 13.2 Å². The molecule has 0 aliphatic carbocycles. The minimum Gasteiger partial charge on any atom is -0.741 e. The largest absolute Gasteiger partial charge is 0.741 e. The van der Waals surface area contributed by atoms with Crippen molar-refractivity contribution in [1.29, 1.82) is 0 Å². The summed E-state index contributed by atoms with van der Waals surface area (Å²) in [5.41, 5.74) is -0.866. The zero-order chi connectivity index (χ0) is 33.4. The molecule has 0 spiro atoms. The van der Waals surface area contributed by atoms with Crippen LogP contribution >= 0.6 is 7.26 Å². The second-order valence-electron chi connectivity index (χ2n) is 10.7. The summed E-state index contributed by atoms with van der Waals surface area (Å²) >= 11 is 0. The molecule has 0 radical (unpaired) electrons. The summed E-state index contributed by atoms with van der Waals surface area (Å²) in [6.45, 7) is 6.35. The fourth-order valence-corrected chi connectivity index (χ4v) is 8.84. The van der Waals surface area contributed by atoms with E-state index >= 15 is 0 Å². The Morgan fingerprint density at radius 3 is 1.24 bits per heavy atom. The summed E-state index contributed by atoms with van der Waals surface area (Å²) in [6, 6.07) is 50.0. The van der Waals surface area contributed by atoms with Gasteiger partial charge in [0.05, 0.1) is 0 Å². The second kappa shape index (κ2) is 14.9. The minimum atomic E-state index is -6.09. The third-order valence-corrected chi connectivity index (χ3v) is 11.9. The van der Waals surface area contributed by atoms with Gasteiger partial charge in [0, 0.05) is 0 Å². The van der Waals surface area contributed by atoms with Gasteiger partial charge in [0.25, 0.3) is 0 Å². The SMILES string of the molecule is C/C(=C/[P+](c1ccccc1)(c1ccccc1)c1ccccc1)OC(c1ccc(C)cc1)c1ccc(C)cc1.O=S(=O)([O-])C(F)(F)F. The van der Waals surface area contributed by atoms with E-state index in [0.29, 0.717) is 0 Å². The van der Waals surface area contributed by atoms with Crippen LogP contribution in [0.3, 0.4) is 0 Å². The molecule has 5 aromatic rings. The molecular weight excluding hydrogens is 628 g/mol.